The summed E-state index contributed by atoms with van der Waals surface area (Å²) in [5, 5.41) is 11.0. The number of nitrogens with zero attached hydrogens (tertiary/aromatic N) is 2. The van der Waals surface area contributed by atoms with Gasteiger partial charge in [0.25, 0.3) is 10.0 Å². The molecule has 0 radical (unpaired) electrons. The Balaban J connectivity index is 2.28. The number of benzene rings is 1. The summed E-state index contributed by atoms with van der Waals surface area (Å²) >= 11 is 1.24. The highest BCUT2D eigenvalue weighted by molar-refractivity contribution is 7.93. The third-order valence-electron chi connectivity index (χ3n) is 2.61. The third kappa shape index (κ3) is 3.15. The van der Waals surface area contributed by atoms with E-state index in [0.29, 0.717) is 10.7 Å². The van der Waals surface area contributed by atoms with Crippen molar-refractivity contribution < 1.29 is 8.42 Å². The van der Waals surface area contributed by atoms with Crippen LogP contribution in [0.1, 0.15) is 31.0 Å². The predicted molar refractivity (Wildman–Crippen MR) is 78.2 cm³/mol. The first-order valence-corrected chi connectivity index (χ1v) is 8.27. The van der Waals surface area contributed by atoms with Gasteiger partial charge in [-0.05, 0) is 24.1 Å². The molecule has 20 heavy (non-hydrogen) atoms. The first-order valence-electron chi connectivity index (χ1n) is 5.91. The molecule has 0 unspecified atom stereocenters. The van der Waals surface area contributed by atoms with Gasteiger partial charge in [-0.3, -0.25) is 4.72 Å². The molecule has 0 aliphatic rings. The van der Waals surface area contributed by atoms with Crippen LogP contribution in [0.5, 0.6) is 0 Å². The van der Waals surface area contributed by atoms with E-state index in [9.17, 15) is 8.42 Å². The number of sulfonamides is 1. The molecule has 2 aromatic rings. The van der Waals surface area contributed by atoms with E-state index in [-0.39, 0.29) is 10.8 Å². The van der Waals surface area contributed by atoms with Crippen LogP contribution in [-0.4, -0.2) is 13.4 Å². The molecule has 5 nitrogen and oxygen atoms in total. The van der Waals surface area contributed by atoms with Gasteiger partial charge in [0.2, 0.25) is 0 Å². The average Bonchev–Trinajstić information content (AvgIpc) is 2.87. The van der Waals surface area contributed by atoms with Gasteiger partial charge in [-0.1, -0.05) is 19.9 Å². The molecule has 0 amide bonds. The lowest BCUT2D eigenvalue weighted by Crippen LogP contribution is -2.13. The van der Waals surface area contributed by atoms with Crippen molar-refractivity contribution in [2.75, 3.05) is 4.72 Å². The van der Waals surface area contributed by atoms with Crippen molar-refractivity contribution in [3.8, 4) is 6.07 Å². The minimum atomic E-state index is -3.71. The summed E-state index contributed by atoms with van der Waals surface area (Å²) in [6.45, 7) is 3.98. The van der Waals surface area contributed by atoms with Gasteiger partial charge in [0.1, 0.15) is 0 Å². The Morgan fingerprint density at radius 3 is 2.75 bits per heavy atom. The summed E-state index contributed by atoms with van der Waals surface area (Å²) < 4.78 is 26.8. The first-order chi connectivity index (χ1) is 9.42. The monoisotopic (exact) mass is 307 g/mol. The Bertz CT molecular complexity index is 758. The topological polar surface area (TPSA) is 82.9 Å². The van der Waals surface area contributed by atoms with E-state index in [4.69, 9.17) is 5.26 Å². The normalized spacial score (nSPS) is 11.3. The zero-order chi connectivity index (χ0) is 14.8. The van der Waals surface area contributed by atoms with E-state index in [1.807, 2.05) is 25.3 Å². The summed E-state index contributed by atoms with van der Waals surface area (Å²) in [5.74, 6) is 0.242. The zero-order valence-electron chi connectivity index (χ0n) is 11.0. The van der Waals surface area contributed by atoms with Crippen LogP contribution in [0.3, 0.4) is 0 Å². The Morgan fingerprint density at radius 2 is 2.15 bits per heavy atom. The molecule has 0 spiro atoms. The Kier molecular flexibility index (Phi) is 4.06. The number of rotatable bonds is 4. The first kappa shape index (κ1) is 14.5. The second-order valence-electron chi connectivity index (χ2n) is 4.48. The maximum absolute atomic E-state index is 12.2. The number of nitrogens with one attached hydrogen (secondary N) is 1. The molecule has 0 fully saturated rings. The van der Waals surface area contributed by atoms with Gasteiger partial charge in [0.15, 0.2) is 5.13 Å². The van der Waals surface area contributed by atoms with Crippen LogP contribution in [0.4, 0.5) is 5.13 Å². The van der Waals surface area contributed by atoms with Gasteiger partial charge in [0, 0.05) is 5.38 Å². The van der Waals surface area contributed by atoms with Crippen molar-refractivity contribution in [2.24, 2.45) is 0 Å². The lowest BCUT2D eigenvalue weighted by atomic mass is 10.2. The summed E-state index contributed by atoms with van der Waals surface area (Å²) in [7, 11) is -3.71. The molecule has 1 N–H and O–H groups in total. The van der Waals surface area contributed by atoms with E-state index in [0.717, 1.165) is 5.69 Å². The van der Waals surface area contributed by atoms with Crippen LogP contribution in [-0.2, 0) is 10.0 Å². The number of nitriles is 1. The van der Waals surface area contributed by atoms with Gasteiger partial charge in [-0.25, -0.2) is 13.4 Å². The van der Waals surface area contributed by atoms with Gasteiger partial charge in [-0.2, -0.15) is 5.26 Å². The lowest BCUT2D eigenvalue weighted by Gasteiger charge is -2.05. The molecule has 0 aliphatic heterocycles. The summed E-state index contributed by atoms with van der Waals surface area (Å²) in [6, 6.07) is 7.79. The molecule has 0 bridgehead atoms. The summed E-state index contributed by atoms with van der Waals surface area (Å²) in [4.78, 5) is 4.28. The predicted octanol–water partition coefficient (Wildman–Crippen LogP) is 2.94. The highest BCUT2D eigenvalue weighted by Crippen LogP contribution is 2.24. The molecular formula is C13H13N3O2S2. The number of aromatic nitrogens is 1. The second-order valence-corrected chi connectivity index (χ2v) is 7.02. The number of hydrogen-bond donors (Lipinski definition) is 1. The SMILES string of the molecule is CC(C)c1csc(NS(=O)(=O)c2cccc(C#N)c2)n1. The summed E-state index contributed by atoms with van der Waals surface area (Å²) in [5.41, 5.74) is 1.15. The number of anilines is 1. The maximum atomic E-state index is 12.2. The maximum Gasteiger partial charge on any atom is 0.263 e. The highest BCUT2D eigenvalue weighted by Gasteiger charge is 2.17. The van der Waals surface area contributed by atoms with Gasteiger partial charge >= 0.3 is 0 Å². The van der Waals surface area contributed by atoms with Crippen molar-refractivity contribution >= 4 is 26.5 Å². The van der Waals surface area contributed by atoms with Crippen LogP contribution < -0.4 is 4.72 Å². The van der Waals surface area contributed by atoms with Gasteiger partial charge in [0.05, 0.1) is 22.2 Å². The molecule has 1 aromatic carbocycles. The molecule has 104 valence electrons. The molecule has 1 aromatic heterocycles. The molecule has 0 saturated carbocycles. The second kappa shape index (κ2) is 5.61. The van der Waals surface area contributed by atoms with Crippen molar-refractivity contribution in [3.63, 3.8) is 0 Å². The molecule has 0 aliphatic carbocycles. The third-order valence-corrected chi connectivity index (χ3v) is 4.85. The van der Waals surface area contributed by atoms with E-state index < -0.39 is 10.0 Å². The lowest BCUT2D eigenvalue weighted by molar-refractivity contribution is 0.601. The van der Waals surface area contributed by atoms with Crippen LogP contribution in [0.25, 0.3) is 0 Å². The molecule has 1 heterocycles. The van der Waals surface area contributed by atoms with E-state index >= 15 is 0 Å². The number of hydrogen-bond acceptors (Lipinski definition) is 5. The molecule has 2 rings (SSSR count). The largest absolute Gasteiger partial charge is 0.263 e. The highest BCUT2D eigenvalue weighted by atomic mass is 32.2. The standard InChI is InChI=1S/C13H13N3O2S2/c1-9(2)12-8-19-13(15-12)16-20(17,18)11-5-3-4-10(6-11)7-14/h3-6,8-9H,1-2H3,(H,15,16). The fourth-order valence-corrected chi connectivity index (χ4v) is 3.68. The molecular weight excluding hydrogens is 294 g/mol. The molecule has 7 heteroatoms. The average molecular weight is 307 g/mol. The van der Waals surface area contributed by atoms with Crippen molar-refractivity contribution in [2.45, 2.75) is 24.7 Å². The van der Waals surface area contributed by atoms with Gasteiger partial charge < -0.3 is 0 Å². The summed E-state index contributed by atoms with van der Waals surface area (Å²) in [6.07, 6.45) is 0. The van der Waals surface area contributed by atoms with Gasteiger partial charge in [-0.15, -0.1) is 11.3 Å². The Hall–Kier alpha value is -1.91. The van der Waals surface area contributed by atoms with Crippen LogP contribution in [0.15, 0.2) is 34.5 Å². The van der Waals surface area contributed by atoms with Crippen LogP contribution in [0, 0.1) is 11.3 Å². The van der Waals surface area contributed by atoms with Crippen LogP contribution >= 0.6 is 11.3 Å². The fourth-order valence-electron chi connectivity index (χ4n) is 1.50. The number of thiazole rings is 1. The van der Waals surface area contributed by atoms with E-state index in [1.54, 1.807) is 6.07 Å². The van der Waals surface area contributed by atoms with Crippen molar-refractivity contribution in [3.05, 3.63) is 40.9 Å². The van der Waals surface area contributed by atoms with Crippen molar-refractivity contribution in [1.82, 2.24) is 4.98 Å². The van der Waals surface area contributed by atoms with Crippen LogP contribution in [0.2, 0.25) is 0 Å². The molecule has 0 atom stereocenters. The van der Waals surface area contributed by atoms with E-state index in [1.165, 1.54) is 29.5 Å². The Morgan fingerprint density at radius 1 is 1.40 bits per heavy atom. The quantitative estimate of drug-likeness (QED) is 0.941. The van der Waals surface area contributed by atoms with Crippen molar-refractivity contribution in [1.29, 1.82) is 5.26 Å². The smallest absolute Gasteiger partial charge is 0.255 e. The van der Waals surface area contributed by atoms with E-state index in [2.05, 4.69) is 9.71 Å². The minimum Gasteiger partial charge on any atom is -0.255 e. The Labute approximate surface area is 122 Å². The molecule has 0 saturated heterocycles. The minimum absolute atomic E-state index is 0.0536. The fraction of sp³-hybridized carbons (Fsp3) is 0.231. The zero-order valence-corrected chi connectivity index (χ0v) is 12.6.